The Kier molecular flexibility index (Phi) is 47.7. The minimum atomic E-state index is -3.61. The van der Waals surface area contributed by atoms with Crippen molar-refractivity contribution in [2.45, 2.75) is 195 Å². The molecule has 3 unspecified atom stereocenters. The molecule has 3 fully saturated rings. The number of rotatable bonds is 29. The second kappa shape index (κ2) is 57.4. The number of carbonyl (C=O) groups excluding carboxylic acids is 5. The normalized spacial score (nSPS) is 14.8. The van der Waals surface area contributed by atoms with Crippen molar-refractivity contribution >= 4 is 140 Å². The first kappa shape index (κ1) is 108. The van der Waals surface area contributed by atoms with Crippen LogP contribution in [0.5, 0.6) is 23.0 Å². The van der Waals surface area contributed by atoms with Crippen molar-refractivity contribution in [3.8, 4) is 23.0 Å². The number of carbonyl (C=O) groups is 5. The van der Waals surface area contributed by atoms with Crippen molar-refractivity contribution in [3.05, 3.63) is 262 Å². The molecule has 3 saturated heterocycles. The summed E-state index contributed by atoms with van der Waals surface area (Å²) in [6, 6.07) is 35.8. The van der Waals surface area contributed by atoms with Gasteiger partial charge in [-0.25, -0.2) is 33.3 Å². The van der Waals surface area contributed by atoms with Gasteiger partial charge in [-0.05, 0) is 244 Å². The number of hydrogen-bond donors (Lipinski definition) is 7. The minimum absolute atomic E-state index is 0.00694. The van der Waals surface area contributed by atoms with Crippen molar-refractivity contribution in [1.29, 1.82) is 0 Å². The molecular weight excluding hydrogens is 1850 g/mol. The highest BCUT2D eigenvalue weighted by molar-refractivity contribution is 8.13. The van der Waals surface area contributed by atoms with E-state index in [2.05, 4.69) is 99.4 Å². The van der Waals surface area contributed by atoms with Crippen LogP contribution >= 0.6 is 90.6 Å². The minimum Gasteiger partial charge on any atom is -0.508 e. The van der Waals surface area contributed by atoms with Gasteiger partial charge in [0, 0.05) is 134 Å². The number of aliphatic hydroxyl groups is 1. The number of aromatic hydroxyl groups is 1. The van der Waals surface area contributed by atoms with E-state index < -0.39 is 19.2 Å². The average Bonchev–Trinajstić information content (AvgIpc) is 1.09. The third-order valence-corrected chi connectivity index (χ3v) is 28.0. The molecule has 8 N–H and O–H groups in total. The van der Waals surface area contributed by atoms with E-state index in [4.69, 9.17) is 64.0 Å². The fourth-order valence-corrected chi connectivity index (χ4v) is 18.4. The van der Waals surface area contributed by atoms with E-state index in [1.54, 1.807) is 81.5 Å². The summed E-state index contributed by atoms with van der Waals surface area (Å²) in [6.07, 6.45) is 15.6. The first-order valence-corrected chi connectivity index (χ1v) is 51.8. The summed E-state index contributed by atoms with van der Waals surface area (Å²) in [5.74, 6) is 3.14. The Morgan fingerprint density at radius 3 is 1.29 bits per heavy atom. The molecule has 0 spiro atoms. The number of aldehydes is 2. The number of aromatic nitrogens is 5. The molecule has 6 aromatic carbocycles. The highest BCUT2D eigenvalue weighted by Gasteiger charge is 2.28. The van der Waals surface area contributed by atoms with Crippen LogP contribution in [0.15, 0.2) is 154 Å². The molecule has 3 amide bonds. The molecule has 26 nitrogen and oxygen atoms in total. The average molecular weight is 1970 g/mol. The first-order valence-electron chi connectivity index (χ1n) is 42.5. The Morgan fingerprint density at radius 2 is 0.862 bits per heavy atom. The number of nitrogens with zero attached hydrogens (tertiary/aromatic N) is 6. The Balaban J connectivity index is 0.000000214. The number of phenolic OH excluding ortho intramolecular Hbond substituents is 1. The fraction of sp³-hybridized carbons (Fsp3) is 0.404. The molecule has 130 heavy (non-hydrogen) atoms. The van der Waals surface area contributed by atoms with Crippen LogP contribution in [0.3, 0.4) is 0 Å². The maximum absolute atomic E-state index is 12.9. The number of benzene rings is 6. The van der Waals surface area contributed by atoms with E-state index in [0.717, 1.165) is 205 Å². The van der Waals surface area contributed by atoms with Gasteiger partial charge in [0.25, 0.3) is 19.2 Å². The standard InChI is InChI=1S/C27H32ClN3O2S.C20H27N3O2S.C14H15NO2S.C8H8O2.C7H11NO3S2.C6H4Cl2O2S.C6H12N2O.C6H9NOS/c1-19-15-22(8-11-25(19)33-14-12-26-20(2)30-18-34-26)17-31(16-21-6-9-23(28)10-7-21)24-5-3-4-13-29-27(24)32;1-14-11-16(12-22-17-5-3-4-9-21-20(17)24)6-7-18(14)25-10-8-19-15(2)23-13-26-19;1-10-7-12(8-16)3-4-13(10)17-6-5-14-11(2)15-9-18-14;1-6-4-7(5-9)2-3-8(6)10;1-6-7(12-5-8-6)3-4-11-13(2,9)10;7-5-1-3-6(4-2-5)11(8,9)10;7-5-3-1-2-4-8-6(5)9;1-5-6(2-3-8)9-4-7-5/h6-11,15,18,24H,3-5,12-14,16-17H2,1-2H3,(H,29,32);6-7,11,13,17,22H,3-5,8-10,12H2,1-2H3,(H,21,24);3-4,7-9H,5-6H2,1-2H3;2-5,10H,1H3;5H,3-4H2,1-2H3;1-4H;5H,1-4,7H2,(H,8,9);4,8H,2-3H2,1H3. The number of phenols is 1. The summed E-state index contributed by atoms with van der Waals surface area (Å²) in [6.45, 7) is 24.6. The van der Waals surface area contributed by atoms with Gasteiger partial charge < -0.3 is 51.4 Å². The zero-order valence-corrected chi connectivity index (χ0v) is 82.9. The van der Waals surface area contributed by atoms with Crippen LogP contribution in [0, 0.1) is 62.3 Å². The van der Waals surface area contributed by atoms with Crippen LogP contribution in [0.4, 0.5) is 0 Å². The molecule has 11 aromatic rings. The molecule has 14 rings (SSSR count). The van der Waals surface area contributed by atoms with Crippen molar-refractivity contribution in [2.75, 3.05) is 58.9 Å². The van der Waals surface area contributed by atoms with Gasteiger partial charge in [-0.3, -0.25) is 33.1 Å². The maximum Gasteiger partial charge on any atom is 0.264 e. The van der Waals surface area contributed by atoms with E-state index in [1.165, 1.54) is 72.3 Å². The van der Waals surface area contributed by atoms with Gasteiger partial charge in [-0.15, -0.1) is 56.7 Å². The lowest BCUT2D eigenvalue weighted by atomic mass is 10.0. The van der Waals surface area contributed by atoms with Crippen LogP contribution < -0.4 is 41.2 Å². The molecule has 36 heteroatoms. The van der Waals surface area contributed by atoms with Crippen LogP contribution in [-0.4, -0.2) is 164 Å². The van der Waals surface area contributed by atoms with Gasteiger partial charge in [0.2, 0.25) is 17.7 Å². The van der Waals surface area contributed by atoms with E-state index in [9.17, 15) is 40.8 Å². The van der Waals surface area contributed by atoms with Gasteiger partial charge >= 0.3 is 0 Å². The number of thiazole rings is 5. The van der Waals surface area contributed by atoms with Crippen LogP contribution in [-0.2, 0) is 89.5 Å². The Morgan fingerprint density at radius 1 is 0.477 bits per heavy atom. The molecule has 3 aliphatic rings. The summed E-state index contributed by atoms with van der Waals surface area (Å²) in [7, 11) is -1.87. The first-order chi connectivity index (χ1) is 62.2. The van der Waals surface area contributed by atoms with Crippen LogP contribution in [0.1, 0.15) is 170 Å². The topological polar surface area (TPSA) is 373 Å². The largest absolute Gasteiger partial charge is 0.508 e. The van der Waals surface area contributed by atoms with Crippen molar-refractivity contribution in [2.24, 2.45) is 5.73 Å². The summed E-state index contributed by atoms with van der Waals surface area (Å²) in [5, 5.41) is 30.9. The van der Waals surface area contributed by atoms with Crippen molar-refractivity contribution < 1.29 is 69.4 Å². The number of aryl methyl sites for hydroxylation is 9. The van der Waals surface area contributed by atoms with E-state index in [0.29, 0.717) is 62.0 Å². The second-order valence-electron chi connectivity index (χ2n) is 30.7. The van der Waals surface area contributed by atoms with E-state index in [1.807, 2.05) is 101 Å². The molecule has 702 valence electrons. The number of nitrogens with one attached hydrogen (secondary N) is 4. The fourth-order valence-electron chi connectivity index (χ4n) is 13.1. The smallest absolute Gasteiger partial charge is 0.264 e. The van der Waals surface area contributed by atoms with Crippen molar-refractivity contribution in [1.82, 2.24) is 51.1 Å². The quantitative estimate of drug-likeness (QED) is 0.0130. The van der Waals surface area contributed by atoms with Gasteiger partial charge in [0.15, 0.2) is 0 Å². The van der Waals surface area contributed by atoms with E-state index >= 15 is 0 Å². The molecule has 3 atom stereocenters. The zero-order valence-electron chi connectivity index (χ0n) is 75.0. The number of halogens is 3. The molecular formula is C94H118Cl3N11O15S7. The summed E-state index contributed by atoms with van der Waals surface area (Å²) in [5.41, 5.74) is 28.6. The Labute approximate surface area is 798 Å². The van der Waals surface area contributed by atoms with Gasteiger partial charge in [0.05, 0.1) is 112 Å². The number of hydrogen-bond acceptors (Lipinski definition) is 28. The molecule has 0 radical (unpaired) electrons. The highest BCUT2D eigenvalue weighted by atomic mass is 35.7. The predicted octanol–water partition coefficient (Wildman–Crippen LogP) is 17.4. The maximum atomic E-state index is 12.9. The number of aliphatic hydroxyl groups excluding tert-OH is 1. The molecule has 0 aliphatic carbocycles. The number of amides is 3. The molecule has 5 aromatic heterocycles. The predicted molar refractivity (Wildman–Crippen MR) is 522 cm³/mol. The van der Waals surface area contributed by atoms with E-state index in [-0.39, 0.29) is 59.7 Å². The number of nitrogens with two attached hydrogens (primary N) is 1. The molecule has 0 bridgehead atoms. The summed E-state index contributed by atoms with van der Waals surface area (Å²) < 4.78 is 64.9. The highest BCUT2D eigenvalue weighted by Crippen LogP contribution is 2.28. The second-order valence-corrected chi connectivity index (χ2v) is 40.5. The van der Waals surface area contributed by atoms with Crippen molar-refractivity contribution in [3.63, 3.8) is 0 Å². The van der Waals surface area contributed by atoms with Gasteiger partial charge in [-0.2, -0.15) is 8.42 Å². The molecule has 8 heterocycles. The van der Waals surface area contributed by atoms with Crippen LogP contribution in [0.2, 0.25) is 10.0 Å². The van der Waals surface area contributed by atoms with Crippen LogP contribution in [0.25, 0.3) is 0 Å². The molecule has 3 aliphatic heterocycles. The SMILES string of the molecule is Cc1cc(C=O)ccc1O.Cc1cc(C=O)ccc1OCCc1scnc1C.Cc1cc(CN(Cc2ccc(Cl)cc2)C2CCCCNC2=O)ccc1OCCc1scnc1C.Cc1cc(CNC2CCCCNC2=O)ccc1OCCc1scnc1C.Cc1ncsc1CCO.Cc1ncsc1CCOS(C)(=O)=O.NC1CCCCNC1=O.O=S(=O)(Cl)c1ccc(Cl)cc1. The lowest BCUT2D eigenvalue weighted by Crippen LogP contribution is -2.45. The third-order valence-electron chi connectivity index (χ3n) is 20.5. The lowest BCUT2D eigenvalue weighted by Gasteiger charge is -2.30. The summed E-state index contributed by atoms with van der Waals surface area (Å²) >= 11 is 19.7. The third kappa shape index (κ3) is 39.8. The summed E-state index contributed by atoms with van der Waals surface area (Å²) in [4.78, 5) is 85.7. The number of ether oxygens (including phenoxy) is 3. The zero-order chi connectivity index (χ0) is 94.6. The molecule has 0 saturated carbocycles. The lowest BCUT2D eigenvalue weighted by molar-refractivity contribution is -0.126. The monoisotopic (exact) mass is 1970 g/mol. The van der Waals surface area contributed by atoms with Gasteiger partial charge in [0.1, 0.15) is 35.6 Å². The van der Waals surface area contributed by atoms with Gasteiger partial charge in [-0.1, -0.05) is 59.6 Å². The Bertz CT molecular complexity index is 5560. The Hall–Kier alpha value is -9.01.